The maximum atomic E-state index is 13.2. The van der Waals surface area contributed by atoms with Gasteiger partial charge in [-0.25, -0.2) is 9.18 Å². The fourth-order valence-corrected chi connectivity index (χ4v) is 2.18. The third-order valence-corrected chi connectivity index (χ3v) is 3.21. The van der Waals surface area contributed by atoms with E-state index in [9.17, 15) is 9.18 Å². The number of nitrogens with zero attached hydrogens (tertiary/aromatic N) is 1. The molecule has 21 heavy (non-hydrogen) atoms. The molecule has 0 N–H and O–H groups in total. The SMILES string of the molecule is O=C(OCc1ccccc1)N1CCOc2cc(F)ccc21. The van der Waals surface area contributed by atoms with Crippen LogP contribution in [0.5, 0.6) is 5.75 Å². The van der Waals surface area contributed by atoms with E-state index in [1.807, 2.05) is 30.3 Å². The summed E-state index contributed by atoms with van der Waals surface area (Å²) in [6.07, 6.45) is -0.463. The fourth-order valence-electron chi connectivity index (χ4n) is 2.18. The van der Waals surface area contributed by atoms with Gasteiger partial charge in [-0.3, -0.25) is 4.90 Å². The van der Waals surface area contributed by atoms with Gasteiger partial charge in [-0.1, -0.05) is 30.3 Å². The second kappa shape index (κ2) is 5.83. The molecule has 1 heterocycles. The molecule has 0 aromatic heterocycles. The van der Waals surface area contributed by atoms with E-state index in [-0.39, 0.29) is 6.61 Å². The first-order chi connectivity index (χ1) is 10.2. The number of hydrogen-bond acceptors (Lipinski definition) is 3. The van der Waals surface area contributed by atoms with E-state index < -0.39 is 11.9 Å². The van der Waals surface area contributed by atoms with E-state index >= 15 is 0 Å². The van der Waals surface area contributed by atoms with Crippen molar-refractivity contribution in [3.63, 3.8) is 0 Å². The lowest BCUT2D eigenvalue weighted by Crippen LogP contribution is -2.38. The topological polar surface area (TPSA) is 38.8 Å². The second-order valence-electron chi connectivity index (χ2n) is 4.65. The van der Waals surface area contributed by atoms with E-state index in [0.29, 0.717) is 24.6 Å². The third-order valence-electron chi connectivity index (χ3n) is 3.21. The Kier molecular flexibility index (Phi) is 3.73. The minimum Gasteiger partial charge on any atom is -0.489 e. The molecule has 0 bridgehead atoms. The highest BCUT2D eigenvalue weighted by atomic mass is 19.1. The van der Waals surface area contributed by atoms with Crippen LogP contribution in [0.2, 0.25) is 0 Å². The number of carbonyl (C=O) groups excluding carboxylic acids is 1. The second-order valence-corrected chi connectivity index (χ2v) is 4.65. The number of anilines is 1. The Labute approximate surface area is 121 Å². The van der Waals surface area contributed by atoms with Crippen molar-refractivity contribution in [3.8, 4) is 5.75 Å². The fraction of sp³-hybridized carbons (Fsp3) is 0.188. The van der Waals surface area contributed by atoms with Crippen LogP contribution in [0.15, 0.2) is 48.5 Å². The summed E-state index contributed by atoms with van der Waals surface area (Å²) in [7, 11) is 0. The Balaban J connectivity index is 1.71. The molecule has 0 atom stereocenters. The minimum atomic E-state index is -0.463. The molecule has 4 nitrogen and oxygen atoms in total. The lowest BCUT2D eigenvalue weighted by Gasteiger charge is -2.28. The molecular formula is C16H14FNO3. The number of hydrogen-bond donors (Lipinski definition) is 0. The molecule has 2 aromatic rings. The zero-order valence-electron chi connectivity index (χ0n) is 11.3. The Morgan fingerprint density at radius 1 is 1.24 bits per heavy atom. The number of rotatable bonds is 2. The summed E-state index contributed by atoms with van der Waals surface area (Å²) in [5, 5.41) is 0. The van der Waals surface area contributed by atoms with Gasteiger partial charge in [-0.05, 0) is 17.7 Å². The van der Waals surface area contributed by atoms with Gasteiger partial charge in [-0.2, -0.15) is 0 Å². The van der Waals surface area contributed by atoms with Crippen molar-refractivity contribution < 1.29 is 18.7 Å². The van der Waals surface area contributed by atoms with E-state index in [4.69, 9.17) is 9.47 Å². The normalized spacial score (nSPS) is 13.3. The molecule has 2 aromatic carbocycles. The van der Waals surface area contributed by atoms with Gasteiger partial charge >= 0.3 is 6.09 Å². The third kappa shape index (κ3) is 2.97. The lowest BCUT2D eigenvalue weighted by atomic mass is 10.2. The molecule has 0 unspecified atom stereocenters. The van der Waals surface area contributed by atoms with Crippen LogP contribution < -0.4 is 9.64 Å². The van der Waals surface area contributed by atoms with Gasteiger partial charge in [0.15, 0.2) is 0 Å². The average Bonchev–Trinajstić information content (AvgIpc) is 2.52. The van der Waals surface area contributed by atoms with E-state index in [0.717, 1.165) is 5.56 Å². The van der Waals surface area contributed by atoms with Gasteiger partial charge in [0.25, 0.3) is 0 Å². The van der Waals surface area contributed by atoms with Crippen LogP contribution in [0.4, 0.5) is 14.9 Å². The first kappa shape index (κ1) is 13.4. The lowest BCUT2D eigenvalue weighted by molar-refractivity contribution is 0.144. The van der Waals surface area contributed by atoms with Crippen molar-refractivity contribution in [1.29, 1.82) is 0 Å². The molecule has 0 fully saturated rings. The highest BCUT2D eigenvalue weighted by molar-refractivity contribution is 5.90. The monoisotopic (exact) mass is 287 g/mol. The average molecular weight is 287 g/mol. The van der Waals surface area contributed by atoms with E-state index in [1.165, 1.54) is 23.1 Å². The summed E-state index contributed by atoms with van der Waals surface area (Å²) in [4.78, 5) is 13.6. The number of fused-ring (bicyclic) bond motifs is 1. The molecular weight excluding hydrogens is 273 g/mol. The summed E-state index contributed by atoms with van der Waals surface area (Å²) < 4.78 is 23.8. The van der Waals surface area contributed by atoms with Gasteiger partial charge in [0.05, 0.1) is 12.2 Å². The molecule has 0 radical (unpaired) electrons. The van der Waals surface area contributed by atoms with Gasteiger partial charge in [-0.15, -0.1) is 0 Å². The molecule has 0 saturated carbocycles. The Morgan fingerprint density at radius 3 is 2.86 bits per heavy atom. The van der Waals surface area contributed by atoms with E-state index in [1.54, 1.807) is 0 Å². The van der Waals surface area contributed by atoms with Crippen molar-refractivity contribution in [2.45, 2.75) is 6.61 Å². The highest BCUT2D eigenvalue weighted by Crippen LogP contribution is 2.32. The molecule has 0 saturated heterocycles. The summed E-state index contributed by atoms with van der Waals surface area (Å²) in [5.74, 6) is -0.0360. The van der Waals surface area contributed by atoms with Crippen molar-refractivity contribution in [2.75, 3.05) is 18.1 Å². The predicted octanol–water partition coefficient (Wildman–Crippen LogP) is 3.36. The molecule has 1 amide bonds. The summed E-state index contributed by atoms with van der Waals surface area (Å²) in [5.41, 5.74) is 1.44. The van der Waals surface area contributed by atoms with E-state index in [2.05, 4.69) is 0 Å². The number of carbonyl (C=O) groups is 1. The van der Waals surface area contributed by atoms with Crippen LogP contribution in [0.1, 0.15) is 5.56 Å². The predicted molar refractivity (Wildman–Crippen MR) is 75.9 cm³/mol. The summed E-state index contributed by atoms with van der Waals surface area (Å²) >= 11 is 0. The molecule has 5 heteroatoms. The zero-order chi connectivity index (χ0) is 14.7. The summed E-state index contributed by atoms with van der Waals surface area (Å²) in [6, 6.07) is 13.5. The molecule has 0 spiro atoms. The molecule has 1 aliphatic heterocycles. The first-order valence-electron chi connectivity index (χ1n) is 6.64. The van der Waals surface area contributed by atoms with Crippen LogP contribution in [-0.2, 0) is 11.3 Å². The van der Waals surface area contributed by atoms with Crippen LogP contribution in [0.3, 0.4) is 0 Å². The summed E-state index contributed by atoms with van der Waals surface area (Å²) in [6.45, 7) is 0.900. The van der Waals surface area contributed by atoms with Crippen LogP contribution >= 0.6 is 0 Å². The Bertz CT molecular complexity index is 645. The van der Waals surface area contributed by atoms with Gasteiger partial charge < -0.3 is 9.47 Å². The van der Waals surface area contributed by atoms with Crippen molar-refractivity contribution in [2.24, 2.45) is 0 Å². The van der Waals surface area contributed by atoms with Crippen molar-refractivity contribution >= 4 is 11.8 Å². The van der Waals surface area contributed by atoms with Gasteiger partial charge in [0, 0.05) is 6.07 Å². The van der Waals surface area contributed by atoms with Crippen molar-refractivity contribution in [3.05, 3.63) is 59.9 Å². The largest absolute Gasteiger partial charge is 0.489 e. The zero-order valence-corrected chi connectivity index (χ0v) is 11.3. The molecule has 3 rings (SSSR count). The number of ether oxygens (including phenoxy) is 2. The van der Waals surface area contributed by atoms with Crippen LogP contribution in [0, 0.1) is 5.82 Å². The van der Waals surface area contributed by atoms with Gasteiger partial charge in [0.2, 0.25) is 0 Å². The Hall–Kier alpha value is -2.56. The van der Waals surface area contributed by atoms with Crippen LogP contribution in [0.25, 0.3) is 0 Å². The number of halogens is 1. The molecule has 108 valence electrons. The number of amides is 1. The molecule has 1 aliphatic rings. The first-order valence-corrected chi connectivity index (χ1v) is 6.64. The van der Waals surface area contributed by atoms with Gasteiger partial charge in [0.1, 0.15) is 24.8 Å². The van der Waals surface area contributed by atoms with Crippen molar-refractivity contribution in [1.82, 2.24) is 0 Å². The minimum absolute atomic E-state index is 0.202. The Morgan fingerprint density at radius 2 is 2.05 bits per heavy atom. The smallest absolute Gasteiger partial charge is 0.414 e. The maximum absolute atomic E-state index is 13.2. The number of benzene rings is 2. The highest BCUT2D eigenvalue weighted by Gasteiger charge is 2.25. The maximum Gasteiger partial charge on any atom is 0.414 e. The standard InChI is InChI=1S/C16H14FNO3/c17-13-6-7-14-15(10-13)20-9-8-18(14)16(19)21-11-12-4-2-1-3-5-12/h1-7,10H,8-9,11H2. The van der Waals surface area contributed by atoms with Crippen LogP contribution in [-0.4, -0.2) is 19.2 Å². The quantitative estimate of drug-likeness (QED) is 0.850. The molecule has 0 aliphatic carbocycles.